The number of aliphatic hydroxyl groups is 1. The van der Waals surface area contributed by atoms with Crippen LogP contribution in [0.5, 0.6) is 0 Å². The van der Waals surface area contributed by atoms with E-state index in [-0.39, 0.29) is 12.5 Å². The normalized spacial score (nSPS) is 14.1. The number of hydrogen-bond donors (Lipinski definition) is 3. The van der Waals surface area contributed by atoms with Gasteiger partial charge in [0, 0.05) is 6.04 Å². The van der Waals surface area contributed by atoms with E-state index in [2.05, 4.69) is 18.1 Å². The van der Waals surface area contributed by atoms with E-state index in [1.807, 2.05) is 45.0 Å². The van der Waals surface area contributed by atoms with Crippen LogP contribution in [0, 0.1) is 13.8 Å². The summed E-state index contributed by atoms with van der Waals surface area (Å²) in [7, 11) is 0. The molecule has 0 amide bonds. The maximum atomic E-state index is 12.4. The van der Waals surface area contributed by atoms with Gasteiger partial charge in [0.1, 0.15) is 0 Å². The van der Waals surface area contributed by atoms with Gasteiger partial charge in [-0.2, -0.15) is 0 Å². The number of carbonyl (C=O) groups is 1. The molecule has 7 heteroatoms. The van der Waals surface area contributed by atoms with Crippen LogP contribution in [0.3, 0.4) is 0 Å². The van der Waals surface area contributed by atoms with Gasteiger partial charge in [-0.15, -0.1) is 13.2 Å². The van der Waals surface area contributed by atoms with Gasteiger partial charge in [-0.25, -0.2) is 0 Å². The molecule has 3 N–H and O–H groups in total. The fraction of sp³-hybridized carbons (Fsp3) is 0.370. The molecule has 182 valence electrons. The molecule has 2 aromatic carbocycles. The molecule has 3 aromatic rings. The summed E-state index contributed by atoms with van der Waals surface area (Å²) in [4.78, 5) is 38.9. The highest BCUT2D eigenvalue weighted by Crippen LogP contribution is 2.41. The van der Waals surface area contributed by atoms with Crippen molar-refractivity contribution in [2.24, 2.45) is 0 Å². The Bertz CT molecular complexity index is 1320. The van der Waals surface area contributed by atoms with Crippen LogP contribution in [0.25, 0.3) is 22.2 Å². The third-order valence-corrected chi connectivity index (χ3v) is 5.45. The molecular weight excluding hydrogens is 432 g/mol. The minimum atomic E-state index is -0.931. The highest BCUT2D eigenvalue weighted by atomic mass is 16.4. The third-order valence-electron chi connectivity index (χ3n) is 5.45. The quantitative estimate of drug-likeness (QED) is 0.394. The summed E-state index contributed by atoms with van der Waals surface area (Å²) in [6.45, 7) is 16.9. The van der Waals surface area contributed by atoms with Crippen molar-refractivity contribution in [1.82, 2.24) is 9.55 Å². The number of nitrogens with one attached hydrogen (secondary N) is 1. The number of hydrogen-bond acceptors (Lipinski definition) is 4. The minimum absolute atomic E-state index is 0.145. The molecule has 0 radical (unpaired) electrons. The van der Waals surface area contributed by atoms with E-state index in [9.17, 15) is 19.5 Å². The first-order valence-corrected chi connectivity index (χ1v) is 11.1. The zero-order valence-corrected chi connectivity index (χ0v) is 20.8. The first kappa shape index (κ1) is 26.8. The molecule has 34 heavy (non-hydrogen) atoms. The lowest BCUT2D eigenvalue weighted by Crippen LogP contribution is -2.36. The van der Waals surface area contributed by atoms with E-state index < -0.39 is 22.7 Å². The topological polar surface area (TPSA) is 112 Å². The van der Waals surface area contributed by atoms with E-state index in [1.54, 1.807) is 25.3 Å². The average molecular weight is 467 g/mol. The zero-order chi connectivity index (χ0) is 26.0. The Morgan fingerprint density at radius 1 is 1.15 bits per heavy atom. The fourth-order valence-corrected chi connectivity index (χ4v) is 4.21. The van der Waals surface area contributed by atoms with Gasteiger partial charge in [-0.1, -0.05) is 29.8 Å². The van der Waals surface area contributed by atoms with Gasteiger partial charge in [0.2, 0.25) is 0 Å². The van der Waals surface area contributed by atoms with Crippen molar-refractivity contribution in [2.75, 3.05) is 0 Å². The first-order valence-electron chi connectivity index (χ1n) is 11.1. The number of carboxylic acids is 1. The summed E-state index contributed by atoms with van der Waals surface area (Å²) in [6, 6.07) is 7.79. The predicted octanol–water partition coefficient (Wildman–Crippen LogP) is 4.30. The fourth-order valence-electron chi connectivity index (χ4n) is 4.21. The van der Waals surface area contributed by atoms with Crippen molar-refractivity contribution in [3.8, 4) is 11.1 Å². The Kier molecular flexibility index (Phi) is 8.05. The Balaban J connectivity index is 0.000000520. The van der Waals surface area contributed by atoms with Gasteiger partial charge in [0.15, 0.2) is 0 Å². The van der Waals surface area contributed by atoms with E-state index in [1.165, 1.54) is 0 Å². The number of aryl methyl sites for hydroxylation is 2. The molecule has 4 rings (SSSR count). The molecule has 1 aliphatic heterocycles. The summed E-state index contributed by atoms with van der Waals surface area (Å²) in [5.41, 5.74) is 4.77. The Hall–Kier alpha value is -3.45. The second-order valence-corrected chi connectivity index (χ2v) is 9.47. The molecule has 0 saturated heterocycles. The molecule has 0 saturated carbocycles. The van der Waals surface area contributed by atoms with Gasteiger partial charge in [0.25, 0.3) is 0 Å². The van der Waals surface area contributed by atoms with Crippen molar-refractivity contribution >= 4 is 17.0 Å². The van der Waals surface area contributed by atoms with E-state index >= 15 is 0 Å². The van der Waals surface area contributed by atoms with E-state index in [4.69, 9.17) is 5.11 Å². The van der Waals surface area contributed by atoms with Crippen LogP contribution in [0.1, 0.15) is 56.0 Å². The van der Waals surface area contributed by atoms with Crippen LogP contribution in [-0.4, -0.2) is 31.3 Å². The monoisotopic (exact) mass is 466 g/mol. The molecule has 0 fully saturated rings. The molecule has 1 unspecified atom stereocenters. The molecule has 7 nitrogen and oxygen atoms in total. The Morgan fingerprint density at radius 3 is 2.18 bits per heavy atom. The number of nitrogens with zero attached hydrogens (tertiary/aromatic N) is 1. The van der Waals surface area contributed by atoms with Crippen molar-refractivity contribution in [1.29, 1.82) is 0 Å². The van der Waals surface area contributed by atoms with E-state index in [0.29, 0.717) is 28.6 Å². The molecule has 1 aliphatic rings. The van der Waals surface area contributed by atoms with Crippen LogP contribution >= 0.6 is 0 Å². The Morgan fingerprint density at radius 2 is 1.68 bits per heavy atom. The van der Waals surface area contributed by atoms with Crippen molar-refractivity contribution in [3.05, 3.63) is 80.4 Å². The lowest BCUT2D eigenvalue weighted by atomic mass is 9.87. The molecular formula is C27H34N2O5. The SMILES string of the molecule is C=C.CC(C)(C)O.Cc1ccc(-c2c(CC(=O)O)c(C)c3[nH]c(=O)c(=O)n4c3c2CC4C)cc1. The highest BCUT2D eigenvalue weighted by molar-refractivity contribution is 5.94. The lowest BCUT2D eigenvalue weighted by molar-refractivity contribution is -0.136. The minimum Gasteiger partial charge on any atom is -0.481 e. The summed E-state index contributed by atoms with van der Waals surface area (Å²) >= 11 is 0. The standard InChI is InChI=1S/C21H20N2O4.C4H10O.C2H4/c1-10-4-6-13(7-5-10)17-14(9-16(24)25)12(3)18-19-15(17)8-11(2)23(19)21(27)20(26)22-18;1-4(2,3)5;1-2/h4-7,11H,8-9H2,1-3H3,(H,22,26)(H,24,25);5H,1-3H3;1-2H2. The molecule has 0 bridgehead atoms. The zero-order valence-electron chi connectivity index (χ0n) is 20.8. The number of carboxylic acid groups (broad SMARTS) is 1. The molecule has 1 atom stereocenters. The highest BCUT2D eigenvalue weighted by Gasteiger charge is 2.30. The van der Waals surface area contributed by atoms with Gasteiger partial charge >= 0.3 is 17.1 Å². The lowest BCUT2D eigenvalue weighted by Gasteiger charge is -2.18. The van der Waals surface area contributed by atoms with Gasteiger partial charge < -0.3 is 15.2 Å². The summed E-state index contributed by atoms with van der Waals surface area (Å²) in [6.07, 6.45) is 0.437. The maximum absolute atomic E-state index is 12.4. The van der Waals surface area contributed by atoms with Gasteiger partial charge in [-0.05, 0) is 75.8 Å². The molecule has 0 aliphatic carbocycles. The average Bonchev–Trinajstić information content (AvgIpc) is 3.08. The first-order chi connectivity index (χ1) is 15.8. The molecule has 1 aromatic heterocycles. The van der Waals surface area contributed by atoms with Crippen LogP contribution < -0.4 is 11.1 Å². The van der Waals surface area contributed by atoms with E-state index in [0.717, 1.165) is 22.3 Å². The summed E-state index contributed by atoms with van der Waals surface area (Å²) in [5.74, 6) is -0.931. The van der Waals surface area contributed by atoms with Gasteiger partial charge in [0.05, 0.1) is 23.1 Å². The van der Waals surface area contributed by atoms with Crippen molar-refractivity contribution < 1.29 is 15.0 Å². The van der Waals surface area contributed by atoms with Crippen molar-refractivity contribution in [2.45, 2.75) is 66.0 Å². The Labute approximate surface area is 199 Å². The number of rotatable bonds is 3. The third kappa shape index (κ3) is 5.54. The van der Waals surface area contributed by atoms with Crippen LogP contribution in [0.15, 0.2) is 47.0 Å². The second-order valence-electron chi connectivity index (χ2n) is 9.47. The number of benzene rings is 2. The second kappa shape index (κ2) is 10.2. The molecule has 2 heterocycles. The summed E-state index contributed by atoms with van der Waals surface area (Å²) < 4.78 is 1.55. The van der Waals surface area contributed by atoms with Gasteiger partial charge in [-0.3, -0.25) is 19.0 Å². The largest absolute Gasteiger partial charge is 0.481 e. The van der Waals surface area contributed by atoms with Crippen LogP contribution in [0.4, 0.5) is 0 Å². The predicted molar refractivity (Wildman–Crippen MR) is 137 cm³/mol. The number of aromatic amines is 1. The van der Waals surface area contributed by atoms with Crippen LogP contribution in [0.2, 0.25) is 0 Å². The smallest absolute Gasteiger partial charge is 0.316 e. The maximum Gasteiger partial charge on any atom is 0.316 e. The number of aromatic nitrogens is 2. The van der Waals surface area contributed by atoms with Crippen molar-refractivity contribution in [3.63, 3.8) is 0 Å². The number of aliphatic carboxylic acids is 1. The molecule has 0 spiro atoms. The summed E-state index contributed by atoms with van der Waals surface area (Å²) in [5, 5.41) is 18.0. The number of H-pyrrole nitrogens is 1. The van der Waals surface area contributed by atoms with Crippen LogP contribution in [-0.2, 0) is 17.6 Å².